The van der Waals surface area contributed by atoms with Crippen molar-refractivity contribution < 1.29 is 9.90 Å². The van der Waals surface area contributed by atoms with E-state index in [1.165, 1.54) is 0 Å². The minimum absolute atomic E-state index is 0.199. The van der Waals surface area contributed by atoms with Crippen LogP contribution in [-0.4, -0.2) is 35.1 Å². The van der Waals surface area contributed by atoms with E-state index in [0.717, 1.165) is 32.4 Å². The van der Waals surface area contributed by atoms with Gasteiger partial charge >= 0.3 is 5.97 Å². The summed E-state index contributed by atoms with van der Waals surface area (Å²) in [5.74, 6) is -0.657. The van der Waals surface area contributed by atoms with Gasteiger partial charge in [-0.1, -0.05) is 6.92 Å². The van der Waals surface area contributed by atoms with E-state index in [1.54, 1.807) is 0 Å². The quantitative estimate of drug-likeness (QED) is 0.663. The molecule has 0 bridgehead atoms. The molecule has 1 rings (SSSR count). The molecule has 0 spiro atoms. The first-order chi connectivity index (χ1) is 5.25. The standard InChI is InChI=1S/C8H15NO2/c1-2-5-9-6-3-4-7(9)8(10)11/h7H,2-6H2,1H3,(H,10,11)/t7-/m1/s1. The summed E-state index contributed by atoms with van der Waals surface area (Å²) in [5, 5.41) is 8.77. The second kappa shape index (κ2) is 3.72. The van der Waals surface area contributed by atoms with Gasteiger partial charge in [0.2, 0.25) is 0 Å². The molecule has 0 radical (unpaired) electrons. The molecule has 1 N–H and O–H groups in total. The number of nitrogens with zero attached hydrogens (tertiary/aromatic N) is 1. The molecule has 11 heavy (non-hydrogen) atoms. The van der Waals surface area contributed by atoms with Crippen LogP contribution in [0.5, 0.6) is 0 Å². The van der Waals surface area contributed by atoms with Gasteiger partial charge in [0.15, 0.2) is 0 Å². The van der Waals surface area contributed by atoms with Crippen LogP contribution in [0.1, 0.15) is 26.2 Å². The van der Waals surface area contributed by atoms with Gasteiger partial charge in [0.05, 0.1) is 0 Å². The van der Waals surface area contributed by atoms with E-state index in [4.69, 9.17) is 5.11 Å². The number of rotatable bonds is 3. The zero-order valence-electron chi connectivity index (χ0n) is 6.92. The molecule has 0 unspecified atom stereocenters. The third kappa shape index (κ3) is 1.93. The van der Waals surface area contributed by atoms with Gasteiger partial charge in [-0.05, 0) is 32.4 Å². The lowest BCUT2D eigenvalue weighted by Crippen LogP contribution is -2.36. The van der Waals surface area contributed by atoms with Gasteiger partial charge in [0.25, 0.3) is 0 Å². The van der Waals surface area contributed by atoms with Crippen LogP contribution in [0.25, 0.3) is 0 Å². The van der Waals surface area contributed by atoms with Crippen LogP contribution < -0.4 is 0 Å². The molecule has 1 aliphatic rings. The van der Waals surface area contributed by atoms with Crippen molar-refractivity contribution in [3.63, 3.8) is 0 Å². The second-order valence-electron chi connectivity index (χ2n) is 3.03. The van der Waals surface area contributed by atoms with E-state index in [1.807, 2.05) is 0 Å². The van der Waals surface area contributed by atoms with Gasteiger partial charge < -0.3 is 5.11 Å². The van der Waals surface area contributed by atoms with Crippen molar-refractivity contribution in [3.8, 4) is 0 Å². The molecule has 0 aromatic rings. The van der Waals surface area contributed by atoms with Crippen LogP contribution in [-0.2, 0) is 4.79 Å². The summed E-state index contributed by atoms with van der Waals surface area (Å²) in [4.78, 5) is 12.7. The average Bonchev–Trinajstić information content (AvgIpc) is 2.36. The Labute approximate surface area is 67.0 Å². The fourth-order valence-corrected chi connectivity index (χ4v) is 1.66. The Balaban J connectivity index is 2.44. The van der Waals surface area contributed by atoms with Crippen molar-refractivity contribution in [1.29, 1.82) is 0 Å². The summed E-state index contributed by atoms with van der Waals surface area (Å²) in [6.45, 7) is 3.97. The van der Waals surface area contributed by atoms with Crippen molar-refractivity contribution in [2.75, 3.05) is 13.1 Å². The molecule has 1 atom stereocenters. The number of likely N-dealkylation sites (tertiary alicyclic amines) is 1. The predicted molar refractivity (Wildman–Crippen MR) is 42.5 cm³/mol. The maximum absolute atomic E-state index is 10.6. The largest absolute Gasteiger partial charge is 0.480 e. The van der Waals surface area contributed by atoms with Gasteiger partial charge in [-0.2, -0.15) is 0 Å². The van der Waals surface area contributed by atoms with Crippen LogP contribution in [0.4, 0.5) is 0 Å². The van der Waals surface area contributed by atoms with E-state index in [-0.39, 0.29) is 6.04 Å². The van der Waals surface area contributed by atoms with E-state index in [2.05, 4.69) is 11.8 Å². The van der Waals surface area contributed by atoms with Gasteiger partial charge in [-0.3, -0.25) is 9.69 Å². The molecule has 64 valence electrons. The van der Waals surface area contributed by atoms with Crippen molar-refractivity contribution >= 4 is 5.97 Å². The fraction of sp³-hybridized carbons (Fsp3) is 0.875. The van der Waals surface area contributed by atoms with Gasteiger partial charge in [-0.25, -0.2) is 0 Å². The van der Waals surface area contributed by atoms with E-state index in [9.17, 15) is 4.79 Å². The molecule has 1 aliphatic heterocycles. The Hall–Kier alpha value is -0.570. The van der Waals surface area contributed by atoms with Crippen LogP contribution >= 0.6 is 0 Å². The maximum Gasteiger partial charge on any atom is 0.320 e. The SMILES string of the molecule is CCCN1CCC[C@@H]1C(=O)O. The van der Waals surface area contributed by atoms with Crippen LogP contribution in [0, 0.1) is 0 Å². The third-order valence-electron chi connectivity index (χ3n) is 2.16. The minimum atomic E-state index is -0.657. The van der Waals surface area contributed by atoms with Crippen LogP contribution in [0.15, 0.2) is 0 Å². The molecule has 0 saturated carbocycles. The second-order valence-corrected chi connectivity index (χ2v) is 3.03. The number of hydrogen-bond donors (Lipinski definition) is 1. The van der Waals surface area contributed by atoms with E-state index < -0.39 is 5.97 Å². The Morgan fingerprint density at radius 1 is 1.73 bits per heavy atom. The van der Waals surface area contributed by atoms with Gasteiger partial charge in [0.1, 0.15) is 6.04 Å². The van der Waals surface area contributed by atoms with Crippen molar-refractivity contribution in [2.45, 2.75) is 32.2 Å². The number of carboxylic acids is 1. The molecule has 0 aromatic heterocycles. The highest BCUT2D eigenvalue weighted by molar-refractivity contribution is 5.73. The normalized spacial score (nSPS) is 25.7. The molecular formula is C8H15NO2. The molecule has 1 fully saturated rings. The van der Waals surface area contributed by atoms with Crippen molar-refractivity contribution in [3.05, 3.63) is 0 Å². The lowest BCUT2D eigenvalue weighted by molar-refractivity contribution is -0.142. The Morgan fingerprint density at radius 2 is 2.45 bits per heavy atom. The first-order valence-corrected chi connectivity index (χ1v) is 4.22. The van der Waals surface area contributed by atoms with E-state index >= 15 is 0 Å². The van der Waals surface area contributed by atoms with E-state index in [0.29, 0.717) is 0 Å². The summed E-state index contributed by atoms with van der Waals surface area (Å²) >= 11 is 0. The monoisotopic (exact) mass is 157 g/mol. The fourth-order valence-electron chi connectivity index (χ4n) is 1.66. The van der Waals surface area contributed by atoms with Gasteiger partial charge in [-0.15, -0.1) is 0 Å². The molecule has 1 saturated heterocycles. The molecule has 3 heteroatoms. The highest BCUT2D eigenvalue weighted by Gasteiger charge is 2.29. The Morgan fingerprint density at radius 3 is 3.00 bits per heavy atom. The van der Waals surface area contributed by atoms with Crippen LogP contribution in [0.2, 0.25) is 0 Å². The number of carboxylic acid groups (broad SMARTS) is 1. The first kappa shape index (κ1) is 8.53. The lowest BCUT2D eigenvalue weighted by Gasteiger charge is -2.19. The van der Waals surface area contributed by atoms with Gasteiger partial charge in [0, 0.05) is 0 Å². The average molecular weight is 157 g/mol. The number of aliphatic carboxylic acids is 1. The van der Waals surface area contributed by atoms with Crippen LogP contribution in [0.3, 0.4) is 0 Å². The molecule has 3 nitrogen and oxygen atoms in total. The first-order valence-electron chi connectivity index (χ1n) is 4.22. The highest BCUT2D eigenvalue weighted by Crippen LogP contribution is 2.16. The molecule has 0 amide bonds. The van der Waals surface area contributed by atoms with Crippen molar-refractivity contribution in [1.82, 2.24) is 4.90 Å². The summed E-state index contributed by atoms with van der Waals surface area (Å²) in [5.41, 5.74) is 0. The zero-order valence-corrected chi connectivity index (χ0v) is 6.92. The number of carbonyl (C=O) groups is 1. The molecule has 1 heterocycles. The van der Waals surface area contributed by atoms with Crippen molar-refractivity contribution in [2.24, 2.45) is 0 Å². The summed E-state index contributed by atoms with van der Waals surface area (Å²) in [6, 6.07) is -0.199. The zero-order chi connectivity index (χ0) is 8.27. The minimum Gasteiger partial charge on any atom is -0.480 e. The molecule has 0 aromatic carbocycles. The topological polar surface area (TPSA) is 40.5 Å². The summed E-state index contributed by atoms with van der Waals surface area (Å²) < 4.78 is 0. The summed E-state index contributed by atoms with van der Waals surface area (Å²) in [7, 11) is 0. The predicted octanol–water partition coefficient (Wildman–Crippen LogP) is 0.945. The Kier molecular flexibility index (Phi) is 2.88. The highest BCUT2D eigenvalue weighted by atomic mass is 16.4. The lowest BCUT2D eigenvalue weighted by atomic mass is 10.2. The maximum atomic E-state index is 10.6. The Bertz CT molecular complexity index is 147. The molecule has 0 aliphatic carbocycles. The molecular weight excluding hydrogens is 142 g/mol. The third-order valence-corrected chi connectivity index (χ3v) is 2.16. The smallest absolute Gasteiger partial charge is 0.320 e. The summed E-state index contributed by atoms with van der Waals surface area (Å²) in [6.07, 6.45) is 2.91. The number of hydrogen-bond acceptors (Lipinski definition) is 2.